The molecule has 0 spiro atoms. The summed E-state index contributed by atoms with van der Waals surface area (Å²) in [6.45, 7) is 3.96. The summed E-state index contributed by atoms with van der Waals surface area (Å²) in [5.41, 5.74) is 0.578. The van der Waals surface area contributed by atoms with E-state index in [9.17, 15) is 20.0 Å². The maximum atomic E-state index is 11.5. The second-order valence-corrected chi connectivity index (χ2v) is 5.34. The first kappa shape index (κ1) is 15.4. The highest BCUT2D eigenvalue weighted by Gasteiger charge is 2.25. The minimum absolute atomic E-state index is 0.0255. The Kier molecular flexibility index (Phi) is 4.87. The molecule has 0 saturated carbocycles. The molecule has 0 aliphatic carbocycles. The van der Waals surface area contributed by atoms with Crippen LogP contribution in [-0.2, 0) is 4.79 Å². The van der Waals surface area contributed by atoms with Gasteiger partial charge in [0.1, 0.15) is 0 Å². The maximum Gasteiger partial charge on any atom is 0.312 e. The van der Waals surface area contributed by atoms with Gasteiger partial charge in [0.25, 0.3) is 5.69 Å². The van der Waals surface area contributed by atoms with E-state index in [-0.39, 0.29) is 5.69 Å². The fourth-order valence-corrected chi connectivity index (χ4v) is 2.44. The quantitative estimate of drug-likeness (QED) is 0.644. The molecule has 0 aromatic heterocycles. The lowest BCUT2D eigenvalue weighted by Gasteiger charge is -2.33. The summed E-state index contributed by atoms with van der Waals surface area (Å²) in [7, 11) is 2.04. The van der Waals surface area contributed by atoms with Crippen LogP contribution in [0.25, 0.3) is 0 Å². The van der Waals surface area contributed by atoms with Crippen molar-refractivity contribution >= 4 is 11.7 Å². The molecule has 7 heteroatoms. The third-order valence-electron chi connectivity index (χ3n) is 3.84. The predicted molar refractivity (Wildman–Crippen MR) is 77.4 cm³/mol. The molecule has 2 rings (SSSR count). The molecule has 1 saturated heterocycles. The first-order chi connectivity index (χ1) is 9.97. The molecule has 1 N–H and O–H groups in total. The van der Waals surface area contributed by atoms with Crippen molar-refractivity contribution in [2.45, 2.75) is 5.92 Å². The minimum Gasteiger partial charge on any atom is -0.481 e. The lowest BCUT2D eigenvalue weighted by molar-refractivity contribution is -0.384. The van der Waals surface area contributed by atoms with Crippen LogP contribution in [0.1, 0.15) is 11.5 Å². The molecule has 1 aliphatic rings. The Balaban J connectivity index is 2.08. The van der Waals surface area contributed by atoms with Crippen LogP contribution in [0.3, 0.4) is 0 Å². The Morgan fingerprint density at radius 1 is 1.29 bits per heavy atom. The van der Waals surface area contributed by atoms with Crippen molar-refractivity contribution in [1.29, 1.82) is 0 Å². The van der Waals surface area contributed by atoms with E-state index in [1.165, 1.54) is 24.3 Å². The Bertz CT molecular complexity index is 509. The lowest BCUT2D eigenvalue weighted by atomic mass is 9.98. The number of carbonyl (C=O) groups is 1. The van der Waals surface area contributed by atoms with Crippen LogP contribution in [0.4, 0.5) is 5.69 Å². The zero-order valence-electron chi connectivity index (χ0n) is 11.9. The number of nitro benzene ring substituents is 1. The van der Waals surface area contributed by atoms with Gasteiger partial charge in [-0.05, 0) is 12.6 Å². The Morgan fingerprint density at radius 2 is 1.86 bits per heavy atom. The first-order valence-corrected chi connectivity index (χ1v) is 6.85. The highest BCUT2D eigenvalue weighted by molar-refractivity contribution is 5.76. The first-order valence-electron chi connectivity index (χ1n) is 6.85. The van der Waals surface area contributed by atoms with Gasteiger partial charge < -0.3 is 10.0 Å². The number of hydrogen-bond acceptors (Lipinski definition) is 5. The van der Waals surface area contributed by atoms with Crippen LogP contribution >= 0.6 is 0 Å². The fraction of sp³-hybridized carbons (Fsp3) is 0.500. The molecule has 21 heavy (non-hydrogen) atoms. The normalized spacial score (nSPS) is 18.3. The van der Waals surface area contributed by atoms with E-state index in [1.54, 1.807) is 0 Å². The molecule has 114 valence electrons. The van der Waals surface area contributed by atoms with Gasteiger partial charge in [0.15, 0.2) is 0 Å². The van der Waals surface area contributed by atoms with E-state index in [0.29, 0.717) is 12.1 Å². The topological polar surface area (TPSA) is 86.9 Å². The monoisotopic (exact) mass is 293 g/mol. The molecule has 1 fully saturated rings. The third-order valence-corrected chi connectivity index (χ3v) is 3.84. The zero-order valence-corrected chi connectivity index (χ0v) is 11.9. The molecular formula is C14H19N3O4. The Hall–Kier alpha value is -1.99. The molecular weight excluding hydrogens is 274 g/mol. The van der Waals surface area contributed by atoms with Crippen molar-refractivity contribution in [2.24, 2.45) is 0 Å². The van der Waals surface area contributed by atoms with Crippen molar-refractivity contribution in [3.8, 4) is 0 Å². The molecule has 0 radical (unpaired) electrons. The van der Waals surface area contributed by atoms with Gasteiger partial charge in [0, 0.05) is 44.9 Å². The third kappa shape index (κ3) is 3.99. The number of rotatable bonds is 5. The number of carboxylic acid groups (broad SMARTS) is 1. The van der Waals surface area contributed by atoms with Gasteiger partial charge >= 0.3 is 5.97 Å². The van der Waals surface area contributed by atoms with E-state index < -0.39 is 16.8 Å². The predicted octanol–water partition coefficient (Wildman–Crippen LogP) is 1.01. The van der Waals surface area contributed by atoms with Crippen molar-refractivity contribution in [1.82, 2.24) is 9.80 Å². The van der Waals surface area contributed by atoms with E-state index in [1.807, 2.05) is 7.05 Å². The summed E-state index contributed by atoms with van der Waals surface area (Å²) in [4.78, 5) is 26.0. The van der Waals surface area contributed by atoms with Gasteiger partial charge in [-0.2, -0.15) is 0 Å². The van der Waals surface area contributed by atoms with E-state index in [4.69, 9.17) is 0 Å². The van der Waals surface area contributed by atoms with Crippen LogP contribution in [0.5, 0.6) is 0 Å². The largest absolute Gasteiger partial charge is 0.481 e. The Labute approximate surface area is 122 Å². The summed E-state index contributed by atoms with van der Waals surface area (Å²) in [5, 5.41) is 20.1. The molecule has 1 heterocycles. The average molecular weight is 293 g/mol. The number of benzene rings is 1. The number of non-ortho nitro benzene ring substituents is 1. The number of nitrogens with zero attached hydrogens (tertiary/aromatic N) is 3. The van der Waals surface area contributed by atoms with Crippen LogP contribution in [0.15, 0.2) is 24.3 Å². The molecule has 1 aromatic carbocycles. The number of carboxylic acids is 1. The fourth-order valence-electron chi connectivity index (χ4n) is 2.44. The Morgan fingerprint density at radius 3 is 2.33 bits per heavy atom. The minimum atomic E-state index is -0.900. The van der Waals surface area contributed by atoms with Gasteiger partial charge in [0.05, 0.1) is 10.8 Å². The van der Waals surface area contributed by atoms with Crippen LogP contribution in [0, 0.1) is 10.1 Å². The molecule has 0 bridgehead atoms. The highest BCUT2D eigenvalue weighted by Crippen LogP contribution is 2.21. The van der Waals surface area contributed by atoms with E-state index >= 15 is 0 Å². The standard InChI is InChI=1S/C14H19N3O4/c1-15-6-8-16(9-7-15)10-13(14(18)19)11-2-4-12(5-3-11)17(20)21/h2-5,13H,6-10H2,1H3,(H,18,19). The summed E-state index contributed by atoms with van der Waals surface area (Å²) in [5.74, 6) is -1.56. The SMILES string of the molecule is CN1CCN(CC(C(=O)O)c2ccc([N+](=O)[O-])cc2)CC1. The molecule has 7 nitrogen and oxygen atoms in total. The lowest BCUT2D eigenvalue weighted by Crippen LogP contribution is -2.46. The van der Waals surface area contributed by atoms with Crippen molar-refractivity contribution < 1.29 is 14.8 Å². The van der Waals surface area contributed by atoms with Gasteiger partial charge in [-0.15, -0.1) is 0 Å². The summed E-state index contributed by atoms with van der Waals surface area (Å²) in [6.07, 6.45) is 0. The summed E-state index contributed by atoms with van der Waals surface area (Å²) < 4.78 is 0. The molecule has 1 unspecified atom stereocenters. The van der Waals surface area contributed by atoms with Gasteiger partial charge in [-0.1, -0.05) is 12.1 Å². The molecule has 1 aliphatic heterocycles. The molecule has 0 amide bonds. The zero-order chi connectivity index (χ0) is 15.4. The van der Waals surface area contributed by atoms with Crippen LogP contribution in [0.2, 0.25) is 0 Å². The van der Waals surface area contributed by atoms with Gasteiger partial charge in [-0.3, -0.25) is 19.8 Å². The van der Waals surface area contributed by atoms with Crippen molar-refractivity contribution in [3.63, 3.8) is 0 Å². The van der Waals surface area contributed by atoms with Crippen LogP contribution in [-0.4, -0.2) is 65.6 Å². The van der Waals surface area contributed by atoms with Crippen molar-refractivity contribution in [3.05, 3.63) is 39.9 Å². The number of likely N-dealkylation sites (N-methyl/N-ethyl adjacent to an activating group) is 1. The molecule has 1 aromatic rings. The highest BCUT2D eigenvalue weighted by atomic mass is 16.6. The average Bonchev–Trinajstić information content (AvgIpc) is 2.46. The van der Waals surface area contributed by atoms with Gasteiger partial charge in [-0.25, -0.2) is 0 Å². The summed E-state index contributed by atoms with van der Waals surface area (Å²) in [6, 6.07) is 5.78. The van der Waals surface area contributed by atoms with E-state index in [2.05, 4.69) is 9.80 Å². The number of piperazine rings is 1. The summed E-state index contributed by atoms with van der Waals surface area (Å²) >= 11 is 0. The second-order valence-electron chi connectivity index (χ2n) is 5.34. The van der Waals surface area contributed by atoms with E-state index in [0.717, 1.165) is 26.2 Å². The molecule has 1 atom stereocenters. The number of nitro groups is 1. The smallest absolute Gasteiger partial charge is 0.312 e. The second kappa shape index (κ2) is 6.64. The number of aliphatic carboxylic acids is 1. The van der Waals surface area contributed by atoms with Gasteiger partial charge in [0.2, 0.25) is 0 Å². The maximum absolute atomic E-state index is 11.5. The van der Waals surface area contributed by atoms with Crippen molar-refractivity contribution in [2.75, 3.05) is 39.8 Å². The number of hydrogen-bond donors (Lipinski definition) is 1. The van der Waals surface area contributed by atoms with Crippen LogP contribution < -0.4 is 0 Å².